The number of amides is 2. The van der Waals surface area contributed by atoms with Crippen molar-refractivity contribution in [3.05, 3.63) is 17.5 Å². The lowest BCUT2D eigenvalue weighted by Crippen LogP contribution is -2.43. The molecule has 2 aliphatic rings. The third-order valence-electron chi connectivity index (χ3n) is 4.29. The quantitative estimate of drug-likeness (QED) is 0.890. The zero-order chi connectivity index (χ0) is 15.5. The molecule has 3 heterocycles. The van der Waals surface area contributed by atoms with Crippen LogP contribution in [0.2, 0.25) is 0 Å². The average Bonchev–Trinajstić information content (AvgIpc) is 2.95. The van der Waals surface area contributed by atoms with E-state index in [9.17, 15) is 4.79 Å². The Morgan fingerprint density at radius 2 is 2.18 bits per heavy atom. The predicted octanol–water partition coefficient (Wildman–Crippen LogP) is 0.649. The lowest BCUT2D eigenvalue weighted by Gasteiger charge is -2.29. The van der Waals surface area contributed by atoms with Crippen molar-refractivity contribution in [2.45, 2.75) is 38.5 Å². The molecule has 1 saturated heterocycles. The molecule has 2 amide bonds. The number of fused-ring (bicyclic) bond motifs is 1. The van der Waals surface area contributed by atoms with Crippen LogP contribution in [-0.4, -0.2) is 65.5 Å². The van der Waals surface area contributed by atoms with Crippen molar-refractivity contribution in [2.75, 3.05) is 33.9 Å². The van der Waals surface area contributed by atoms with E-state index in [1.807, 2.05) is 9.58 Å². The number of aromatic nitrogens is 2. The Balaban J connectivity index is 1.57. The number of urea groups is 1. The fraction of sp³-hybridized carbons (Fsp3) is 0.733. The van der Waals surface area contributed by atoms with Gasteiger partial charge < -0.3 is 19.9 Å². The Morgan fingerprint density at radius 1 is 1.41 bits per heavy atom. The van der Waals surface area contributed by atoms with Crippen LogP contribution in [0.3, 0.4) is 0 Å². The molecule has 0 unspecified atom stereocenters. The van der Waals surface area contributed by atoms with Crippen LogP contribution in [0.1, 0.15) is 24.2 Å². The molecule has 2 aliphatic heterocycles. The molecule has 0 aromatic carbocycles. The smallest absolute Gasteiger partial charge is 0.319 e. The van der Waals surface area contributed by atoms with Gasteiger partial charge in [-0.15, -0.1) is 0 Å². The van der Waals surface area contributed by atoms with Gasteiger partial charge in [-0.25, -0.2) is 4.79 Å². The molecular formula is C15H25N5O2. The highest BCUT2D eigenvalue weighted by Crippen LogP contribution is 2.15. The number of carbonyl (C=O) groups excluding carboxylic acids is 1. The molecule has 1 N–H and O–H groups in total. The number of hydrogen-bond donors (Lipinski definition) is 1. The normalized spacial score (nSPS) is 19.1. The Hall–Kier alpha value is -1.60. The van der Waals surface area contributed by atoms with Gasteiger partial charge in [0, 0.05) is 46.4 Å². The van der Waals surface area contributed by atoms with Crippen molar-refractivity contribution in [1.29, 1.82) is 0 Å². The molecule has 0 atom stereocenters. The maximum Gasteiger partial charge on any atom is 0.319 e. The van der Waals surface area contributed by atoms with Crippen molar-refractivity contribution < 1.29 is 9.53 Å². The molecule has 1 fully saturated rings. The number of carbonyl (C=O) groups is 1. The van der Waals surface area contributed by atoms with Crippen molar-refractivity contribution in [3.63, 3.8) is 0 Å². The minimum absolute atomic E-state index is 0.0642. The Labute approximate surface area is 131 Å². The highest BCUT2D eigenvalue weighted by molar-refractivity contribution is 5.73. The largest absolute Gasteiger partial charge is 0.381 e. The lowest BCUT2D eigenvalue weighted by molar-refractivity contribution is 0.0775. The molecule has 1 aromatic heterocycles. The Morgan fingerprint density at radius 3 is 2.91 bits per heavy atom. The van der Waals surface area contributed by atoms with Gasteiger partial charge in [-0.3, -0.25) is 4.68 Å². The van der Waals surface area contributed by atoms with Gasteiger partial charge in [-0.2, -0.15) is 5.10 Å². The Kier molecular flexibility index (Phi) is 4.63. The van der Waals surface area contributed by atoms with Crippen molar-refractivity contribution >= 4 is 6.03 Å². The fourth-order valence-corrected chi connectivity index (χ4v) is 3.01. The lowest BCUT2D eigenvalue weighted by atomic mass is 10.1. The minimum Gasteiger partial charge on any atom is -0.381 e. The van der Waals surface area contributed by atoms with Crippen LogP contribution in [0, 0.1) is 0 Å². The highest BCUT2D eigenvalue weighted by atomic mass is 16.5. The van der Waals surface area contributed by atoms with Gasteiger partial charge in [0.25, 0.3) is 0 Å². The molecule has 7 heteroatoms. The van der Waals surface area contributed by atoms with E-state index in [4.69, 9.17) is 4.74 Å². The highest BCUT2D eigenvalue weighted by Gasteiger charge is 2.23. The summed E-state index contributed by atoms with van der Waals surface area (Å²) in [6.45, 7) is 4.61. The van der Waals surface area contributed by atoms with Crippen LogP contribution >= 0.6 is 0 Å². The first-order valence-electron chi connectivity index (χ1n) is 7.96. The number of nitrogens with zero attached hydrogens (tertiary/aromatic N) is 4. The molecule has 0 radical (unpaired) electrons. The van der Waals surface area contributed by atoms with Crippen molar-refractivity contribution in [3.8, 4) is 0 Å². The predicted molar refractivity (Wildman–Crippen MR) is 82.4 cm³/mol. The van der Waals surface area contributed by atoms with Gasteiger partial charge in [-0.05, 0) is 18.9 Å². The second kappa shape index (κ2) is 6.66. The number of hydrogen-bond acceptors (Lipinski definition) is 4. The van der Waals surface area contributed by atoms with Crippen LogP contribution in [-0.2, 0) is 24.4 Å². The van der Waals surface area contributed by atoms with E-state index in [1.54, 1.807) is 19.0 Å². The summed E-state index contributed by atoms with van der Waals surface area (Å²) in [7, 11) is 3.58. The fourth-order valence-electron chi connectivity index (χ4n) is 3.01. The second-order valence-electron chi connectivity index (χ2n) is 6.22. The van der Waals surface area contributed by atoms with Crippen molar-refractivity contribution in [2.24, 2.45) is 0 Å². The summed E-state index contributed by atoms with van der Waals surface area (Å²) in [6, 6.07) is 2.70. The van der Waals surface area contributed by atoms with Crippen molar-refractivity contribution in [1.82, 2.24) is 24.9 Å². The minimum atomic E-state index is 0.0642. The van der Waals surface area contributed by atoms with Crippen LogP contribution in [0.25, 0.3) is 0 Å². The van der Waals surface area contributed by atoms with E-state index in [1.165, 1.54) is 0 Å². The molecule has 0 aliphatic carbocycles. The molecule has 22 heavy (non-hydrogen) atoms. The Bertz CT molecular complexity index is 522. The molecular weight excluding hydrogens is 282 g/mol. The van der Waals surface area contributed by atoms with Gasteiger partial charge in [0.2, 0.25) is 0 Å². The molecule has 122 valence electrons. The van der Waals surface area contributed by atoms with Gasteiger partial charge in [0.15, 0.2) is 0 Å². The first-order valence-corrected chi connectivity index (χ1v) is 7.96. The summed E-state index contributed by atoms with van der Waals surface area (Å²) in [5.41, 5.74) is 2.17. The monoisotopic (exact) mass is 307 g/mol. The van der Waals surface area contributed by atoms with Crippen LogP contribution in [0.4, 0.5) is 4.79 Å². The summed E-state index contributed by atoms with van der Waals surface area (Å²) in [5, 5.41) is 8.20. The van der Waals surface area contributed by atoms with E-state index in [-0.39, 0.29) is 6.03 Å². The first-order chi connectivity index (χ1) is 10.6. The van der Waals surface area contributed by atoms with Crippen LogP contribution < -0.4 is 5.32 Å². The van der Waals surface area contributed by atoms with E-state index < -0.39 is 0 Å². The molecule has 0 spiro atoms. The first kappa shape index (κ1) is 15.3. The SMILES string of the molecule is CN(C)C(=O)N1CCn2nc(CNC3CCOCC3)cc2C1. The van der Waals surface area contributed by atoms with Gasteiger partial charge in [0.05, 0.1) is 24.5 Å². The van der Waals surface area contributed by atoms with Crippen LogP contribution in [0.15, 0.2) is 6.07 Å². The van der Waals surface area contributed by atoms with Gasteiger partial charge in [-0.1, -0.05) is 0 Å². The van der Waals surface area contributed by atoms with Gasteiger partial charge in [0.1, 0.15) is 0 Å². The van der Waals surface area contributed by atoms with E-state index in [2.05, 4.69) is 16.5 Å². The standard InChI is InChI=1S/C15H25N5O2/c1-18(2)15(21)19-5-6-20-14(11-19)9-13(17-20)10-16-12-3-7-22-8-4-12/h9,12,16H,3-8,10-11H2,1-2H3. The molecule has 1 aromatic rings. The summed E-state index contributed by atoms with van der Waals surface area (Å²) in [6.07, 6.45) is 2.14. The summed E-state index contributed by atoms with van der Waals surface area (Å²) in [4.78, 5) is 15.5. The summed E-state index contributed by atoms with van der Waals surface area (Å²) >= 11 is 0. The van der Waals surface area contributed by atoms with E-state index >= 15 is 0 Å². The third-order valence-corrected chi connectivity index (χ3v) is 4.29. The zero-order valence-electron chi connectivity index (χ0n) is 13.4. The van der Waals surface area contributed by atoms with Crippen LogP contribution in [0.5, 0.6) is 0 Å². The second-order valence-corrected chi connectivity index (χ2v) is 6.22. The van der Waals surface area contributed by atoms with Gasteiger partial charge >= 0.3 is 6.03 Å². The third kappa shape index (κ3) is 3.41. The maximum atomic E-state index is 12.0. The maximum absolute atomic E-state index is 12.0. The molecule has 3 rings (SSSR count). The number of rotatable bonds is 3. The van der Waals surface area contributed by atoms with E-state index in [0.717, 1.165) is 57.1 Å². The number of ether oxygens (including phenoxy) is 1. The summed E-state index contributed by atoms with van der Waals surface area (Å²) in [5.74, 6) is 0. The molecule has 0 saturated carbocycles. The number of nitrogens with one attached hydrogen (secondary N) is 1. The molecule has 0 bridgehead atoms. The molecule has 7 nitrogen and oxygen atoms in total. The summed E-state index contributed by atoms with van der Waals surface area (Å²) < 4.78 is 7.40. The van der Waals surface area contributed by atoms with E-state index in [0.29, 0.717) is 12.6 Å². The average molecular weight is 307 g/mol. The topological polar surface area (TPSA) is 62.6 Å². The zero-order valence-corrected chi connectivity index (χ0v) is 13.4.